The van der Waals surface area contributed by atoms with E-state index in [2.05, 4.69) is 12.0 Å². The molecule has 4 nitrogen and oxygen atoms in total. The number of alkyl halides is 3. The number of hydrogen-bond acceptors (Lipinski definition) is 3. The van der Waals surface area contributed by atoms with Gasteiger partial charge in [-0.25, -0.2) is 5.01 Å². The van der Waals surface area contributed by atoms with E-state index in [0.29, 0.717) is 0 Å². The van der Waals surface area contributed by atoms with Crippen LogP contribution in [0.25, 0.3) is 0 Å². The van der Waals surface area contributed by atoms with Crippen LogP contribution in [-0.2, 0) is 0 Å². The van der Waals surface area contributed by atoms with Crippen molar-refractivity contribution in [1.82, 2.24) is 10.4 Å². The maximum Gasteiger partial charge on any atom is 0.438 e. The van der Waals surface area contributed by atoms with E-state index in [0.717, 1.165) is 5.56 Å². The van der Waals surface area contributed by atoms with Crippen LogP contribution in [0.1, 0.15) is 22.3 Å². The van der Waals surface area contributed by atoms with Gasteiger partial charge in [0.15, 0.2) is 0 Å². The van der Waals surface area contributed by atoms with Crippen LogP contribution in [0.5, 0.6) is 0 Å². The molecule has 20 heavy (non-hydrogen) atoms. The molecule has 108 valence electrons. The number of carbonyl (C=O) groups excluding carboxylic acids is 1. The normalized spacial score (nSPS) is 22.9. The second-order valence-electron chi connectivity index (χ2n) is 4.72. The molecule has 0 spiro atoms. The molecule has 7 heteroatoms. The summed E-state index contributed by atoms with van der Waals surface area (Å²) in [6.07, 6.45) is -5.78. The molecule has 1 heterocycles. The van der Waals surface area contributed by atoms with E-state index in [-0.39, 0.29) is 16.3 Å². The van der Waals surface area contributed by atoms with Crippen molar-refractivity contribution in [2.45, 2.75) is 25.2 Å². The number of aryl methyl sites for hydroxylation is 1. The molecule has 0 aliphatic carbocycles. The van der Waals surface area contributed by atoms with Gasteiger partial charge >= 0.3 is 6.18 Å². The highest BCUT2D eigenvalue weighted by atomic mass is 19.4. The van der Waals surface area contributed by atoms with Crippen molar-refractivity contribution < 1.29 is 23.1 Å². The molecule has 1 amide bonds. The Balaban J connectivity index is 2.40. The minimum Gasteiger partial charge on any atom is -0.362 e. The molecule has 2 rings (SSSR count). The molecular formula is C13H13F3N2O2. The van der Waals surface area contributed by atoms with Crippen molar-refractivity contribution in [3.8, 4) is 0 Å². The number of hydrogen-bond donors (Lipinski definition) is 2. The molecule has 1 aromatic carbocycles. The van der Waals surface area contributed by atoms with Crippen LogP contribution in [0.3, 0.4) is 0 Å². The zero-order valence-electron chi connectivity index (χ0n) is 10.7. The maximum absolute atomic E-state index is 13.0. The van der Waals surface area contributed by atoms with E-state index in [9.17, 15) is 23.1 Å². The van der Waals surface area contributed by atoms with Gasteiger partial charge in [0.05, 0.1) is 0 Å². The van der Waals surface area contributed by atoms with Gasteiger partial charge in [-0.3, -0.25) is 10.2 Å². The van der Waals surface area contributed by atoms with Crippen molar-refractivity contribution in [1.29, 1.82) is 0 Å². The van der Waals surface area contributed by atoms with Gasteiger partial charge in [-0.15, -0.1) is 0 Å². The highest BCUT2D eigenvalue weighted by molar-refractivity contribution is 5.95. The van der Waals surface area contributed by atoms with Crippen LogP contribution in [0.4, 0.5) is 13.2 Å². The van der Waals surface area contributed by atoms with Crippen LogP contribution in [0.2, 0.25) is 0 Å². The Bertz CT molecular complexity index is 571. The summed E-state index contributed by atoms with van der Waals surface area (Å²) in [5.74, 6) is -0.966. The molecule has 0 saturated carbocycles. The number of rotatable bonds is 1. The molecular weight excluding hydrogens is 273 g/mol. The third kappa shape index (κ3) is 2.24. The summed E-state index contributed by atoms with van der Waals surface area (Å²) in [6, 6.07) is 6.10. The van der Waals surface area contributed by atoms with Gasteiger partial charge in [-0.1, -0.05) is 24.3 Å². The lowest BCUT2D eigenvalue weighted by molar-refractivity contribution is -0.299. The lowest BCUT2D eigenvalue weighted by Gasteiger charge is -2.33. The molecule has 0 radical (unpaired) electrons. The summed E-state index contributed by atoms with van der Waals surface area (Å²) in [5, 5.41) is 10.0. The van der Waals surface area contributed by atoms with Gasteiger partial charge in [-0.2, -0.15) is 13.2 Å². The zero-order chi connectivity index (χ0) is 15.1. The topological polar surface area (TPSA) is 52.6 Å². The Morgan fingerprint density at radius 1 is 1.50 bits per heavy atom. The first-order chi connectivity index (χ1) is 9.15. The first-order valence-electron chi connectivity index (χ1n) is 5.80. The SMILES string of the molecule is C=C1CC(O)(C(F)(F)F)N(C(=O)c2cccc(C)c2)N1. The second kappa shape index (κ2) is 4.52. The number of hydrazine groups is 1. The van der Waals surface area contributed by atoms with E-state index < -0.39 is 24.2 Å². The number of amides is 1. The number of benzene rings is 1. The Labute approximate surface area is 113 Å². The van der Waals surface area contributed by atoms with Gasteiger partial charge in [0.2, 0.25) is 0 Å². The summed E-state index contributed by atoms with van der Waals surface area (Å²) >= 11 is 0. The number of carbonyl (C=O) groups is 1. The predicted molar refractivity (Wildman–Crippen MR) is 65.2 cm³/mol. The van der Waals surface area contributed by atoms with Crippen molar-refractivity contribution in [3.63, 3.8) is 0 Å². The van der Waals surface area contributed by atoms with Crippen molar-refractivity contribution in [2.75, 3.05) is 0 Å². The first-order valence-corrected chi connectivity index (χ1v) is 5.80. The quantitative estimate of drug-likeness (QED) is 0.831. The Hall–Kier alpha value is -2.02. The largest absolute Gasteiger partial charge is 0.438 e. The molecule has 0 aromatic heterocycles. The fourth-order valence-electron chi connectivity index (χ4n) is 2.02. The lowest BCUT2D eigenvalue weighted by atomic mass is 10.1. The Morgan fingerprint density at radius 3 is 2.70 bits per heavy atom. The van der Waals surface area contributed by atoms with Gasteiger partial charge < -0.3 is 5.11 Å². The number of nitrogens with zero attached hydrogens (tertiary/aromatic N) is 1. The fourth-order valence-corrected chi connectivity index (χ4v) is 2.02. The molecule has 1 fully saturated rings. The molecule has 1 unspecified atom stereocenters. The van der Waals surface area contributed by atoms with E-state index in [1.165, 1.54) is 12.1 Å². The summed E-state index contributed by atoms with van der Waals surface area (Å²) in [4.78, 5) is 12.2. The van der Waals surface area contributed by atoms with Gasteiger partial charge in [0, 0.05) is 17.7 Å². The predicted octanol–water partition coefficient (Wildman–Crippen LogP) is 2.11. The third-order valence-corrected chi connectivity index (χ3v) is 3.02. The van der Waals surface area contributed by atoms with Crippen LogP contribution in [0, 0.1) is 6.92 Å². The molecule has 2 N–H and O–H groups in total. The minimum atomic E-state index is -4.99. The molecule has 1 aliphatic rings. The first kappa shape index (κ1) is 14.4. The molecule has 1 atom stereocenters. The highest BCUT2D eigenvalue weighted by Crippen LogP contribution is 2.41. The van der Waals surface area contributed by atoms with E-state index in [1.54, 1.807) is 19.1 Å². The minimum absolute atomic E-state index is 0.0508. The van der Waals surface area contributed by atoms with Gasteiger partial charge in [-0.05, 0) is 19.1 Å². The standard InChI is InChI=1S/C13H13F3N2O2/c1-8-4-3-5-10(6-8)11(19)18-12(20,13(14,15)16)7-9(2)17-18/h3-6,17,20H,2,7H2,1H3. The van der Waals surface area contributed by atoms with E-state index in [1.807, 2.05) is 0 Å². The summed E-state index contributed by atoms with van der Waals surface area (Å²) < 4.78 is 39.0. The summed E-state index contributed by atoms with van der Waals surface area (Å²) in [5.41, 5.74) is -0.400. The van der Waals surface area contributed by atoms with Crippen LogP contribution in [0.15, 0.2) is 36.5 Å². The smallest absolute Gasteiger partial charge is 0.362 e. The van der Waals surface area contributed by atoms with Crippen LogP contribution >= 0.6 is 0 Å². The van der Waals surface area contributed by atoms with Crippen molar-refractivity contribution >= 4 is 5.91 Å². The summed E-state index contributed by atoms with van der Waals surface area (Å²) in [6.45, 7) is 5.05. The van der Waals surface area contributed by atoms with Gasteiger partial charge in [0.1, 0.15) is 0 Å². The second-order valence-corrected chi connectivity index (χ2v) is 4.72. The molecule has 1 aliphatic heterocycles. The average molecular weight is 286 g/mol. The fraction of sp³-hybridized carbons (Fsp3) is 0.308. The van der Waals surface area contributed by atoms with Crippen molar-refractivity contribution in [2.24, 2.45) is 0 Å². The lowest BCUT2D eigenvalue weighted by Crippen LogP contribution is -2.59. The molecule has 1 aromatic rings. The summed E-state index contributed by atoms with van der Waals surface area (Å²) in [7, 11) is 0. The monoisotopic (exact) mass is 286 g/mol. The third-order valence-electron chi connectivity index (χ3n) is 3.02. The van der Waals surface area contributed by atoms with Crippen molar-refractivity contribution in [3.05, 3.63) is 47.7 Å². The van der Waals surface area contributed by atoms with E-state index >= 15 is 0 Å². The molecule has 1 saturated heterocycles. The van der Waals surface area contributed by atoms with Gasteiger partial charge in [0.25, 0.3) is 11.6 Å². The number of aliphatic hydroxyl groups is 1. The zero-order valence-corrected chi connectivity index (χ0v) is 10.7. The number of halogens is 3. The van der Waals surface area contributed by atoms with E-state index in [4.69, 9.17) is 0 Å². The Kier molecular flexibility index (Phi) is 3.25. The maximum atomic E-state index is 13.0. The average Bonchev–Trinajstić information content (AvgIpc) is 2.64. The molecule has 0 bridgehead atoms. The number of nitrogens with one attached hydrogen (secondary N) is 1. The Morgan fingerprint density at radius 2 is 2.15 bits per heavy atom. The van der Waals surface area contributed by atoms with Crippen LogP contribution < -0.4 is 5.43 Å². The highest BCUT2D eigenvalue weighted by Gasteiger charge is 2.63. The van der Waals surface area contributed by atoms with Crippen LogP contribution in [-0.4, -0.2) is 27.9 Å².